The van der Waals surface area contributed by atoms with Crippen LogP contribution in [0.1, 0.15) is 0 Å². The van der Waals surface area contributed by atoms with E-state index in [1.165, 1.54) is 0 Å². The van der Waals surface area contributed by atoms with Crippen molar-refractivity contribution in [1.29, 1.82) is 0 Å². The predicted molar refractivity (Wildman–Crippen MR) is 46.2 cm³/mol. The van der Waals surface area contributed by atoms with Crippen molar-refractivity contribution >= 4 is 11.4 Å². The number of benzene rings is 1. The van der Waals surface area contributed by atoms with E-state index >= 15 is 0 Å². The summed E-state index contributed by atoms with van der Waals surface area (Å²) in [7, 11) is 3.84. The van der Waals surface area contributed by atoms with Crippen molar-refractivity contribution in [3.63, 3.8) is 0 Å². The number of nitrogens with zero attached hydrogens (tertiary/aromatic N) is 2. The highest BCUT2D eigenvalue weighted by Gasteiger charge is 1.95. The second-order valence-corrected chi connectivity index (χ2v) is 2.51. The molecule has 0 saturated heterocycles. The lowest BCUT2D eigenvalue weighted by Gasteiger charge is -2.11. The van der Waals surface area contributed by atoms with E-state index in [4.69, 9.17) is 0 Å². The van der Waals surface area contributed by atoms with Gasteiger partial charge in [-0.3, -0.25) is 0 Å². The first-order valence-electron chi connectivity index (χ1n) is 3.35. The van der Waals surface area contributed by atoms with Gasteiger partial charge in [-0.05, 0) is 23.4 Å². The van der Waals surface area contributed by atoms with E-state index in [1.54, 1.807) is 12.1 Å². The third kappa shape index (κ3) is 1.77. The maximum absolute atomic E-state index is 10.1. The van der Waals surface area contributed by atoms with E-state index < -0.39 is 0 Å². The summed E-state index contributed by atoms with van der Waals surface area (Å²) in [5.41, 5.74) is 1.46. The first-order chi connectivity index (χ1) is 5.24. The maximum Gasteiger partial charge on any atom is 0.110 e. The minimum atomic E-state index is 0.469. The lowest BCUT2D eigenvalue weighted by atomic mass is 10.3. The van der Waals surface area contributed by atoms with Crippen LogP contribution < -0.4 is 4.90 Å². The van der Waals surface area contributed by atoms with Crippen LogP contribution in [0.15, 0.2) is 29.4 Å². The fourth-order valence-electron chi connectivity index (χ4n) is 0.828. The molecule has 0 unspecified atom stereocenters. The second kappa shape index (κ2) is 3.14. The SMILES string of the molecule is CN(C)c1cccc(N=O)c1. The van der Waals surface area contributed by atoms with Crippen LogP contribution in [-0.2, 0) is 0 Å². The molecule has 1 aromatic carbocycles. The molecule has 1 rings (SSSR count). The molecule has 0 N–H and O–H groups in total. The Morgan fingerprint density at radius 3 is 2.64 bits per heavy atom. The van der Waals surface area contributed by atoms with E-state index in [0.29, 0.717) is 5.69 Å². The number of hydrogen-bond donors (Lipinski definition) is 0. The van der Waals surface area contributed by atoms with Crippen LogP contribution in [-0.4, -0.2) is 14.1 Å². The lowest BCUT2D eigenvalue weighted by molar-refractivity contribution is 1.13. The summed E-state index contributed by atoms with van der Waals surface area (Å²) in [6, 6.07) is 7.16. The molecule has 0 atom stereocenters. The predicted octanol–water partition coefficient (Wildman–Crippen LogP) is 2.15. The minimum Gasteiger partial charge on any atom is -0.378 e. The second-order valence-electron chi connectivity index (χ2n) is 2.51. The van der Waals surface area contributed by atoms with Gasteiger partial charge in [0.05, 0.1) is 0 Å². The molecule has 0 heterocycles. The van der Waals surface area contributed by atoms with E-state index in [-0.39, 0.29) is 0 Å². The molecule has 0 spiro atoms. The van der Waals surface area contributed by atoms with Crippen molar-refractivity contribution < 1.29 is 0 Å². The van der Waals surface area contributed by atoms with Crippen LogP contribution in [0.4, 0.5) is 11.4 Å². The normalized spacial score (nSPS) is 9.27. The molecule has 11 heavy (non-hydrogen) atoms. The zero-order chi connectivity index (χ0) is 8.27. The smallest absolute Gasteiger partial charge is 0.110 e. The van der Waals surface area contributed by atoms with Crippen molar-refractivity contribution in [1.82, 2.24) is 0 Å². The van der Waals surface area contributed by atoms with Gasteiger partial charge in [0.25, 0.3) is 0 Å². The summed E-state index contributed by atoms with van der Waals surface area (Å²) in [5, 5.41) is 2.84. The Kier molecular flexibility index (Phi) is 2.21. The lowest BCUT2D eigenvalue weighted by Crippen LogP contribution is -2.07. The van der Waals surface area contributed by atoms with Gasteiger partial charge in [-0.15, -0.1) is 4.91 Å². The Hall–Kier alpha value is -1.38. The zero-order valence-electron chi connectivity index (χ0n) is 6.61. The molecule has 1 aromatic rings. The minimum absolute atomic E-state index is 0.469. The van der Waals surface area contributed by atoms with Crippen LogP contribution in [0.25, 0.3) is 0 Å². The third-order valence-electron chi connectivity index (χ3n) is 1.45. The molecule has 58 valence electrons. The van der Waals surface area contributed by atoms with Crippen molar-refractivity contribution in [2.45, 2.75) is 0 Å². The number of nitroso groups, excluding NO2 is 1. The van der Waals surface area contributed by atoms with Gasteiger partial charge in [0.1, 0.15) is 5.69 Å². The Morgan fingerprint density at radius 2 is 2.09 bits per heavy atom. The molecule has 0 aliphatic rings. The van der Waals surface area contributed by atoms with Gasteiger partial charge in [0.2, 0.25) is 0 Å². The van der Waals surface area contributed by atoms with Crippen molar-refractivity contribution in [2.75, 3.05) is 19.0 Å². The quantitative estimate of drug-likeness (QED) is 0.605. The molecule has 3 heteroatoms. The molecule has 0 aliphatic carbocycles. The summed E-state index contributed by atoms with van der Waals surface area (Å²) in [4.78, 5) is 12.0. The first-order valence-corrected chi connectivity index (χ1v) is 3.35. The van der Waals surface area contributed by atoms with Crippen molar-refractivity contribution in [3.8, 4) is 0 Å². The summed E-state index contributed by atoms with van der Waals surface area (Å²) in [5.74, 6) is 0. The molecule has 0 amide bonds. The first kappa shape index (κ1) is 7.72. The van der Waals surface area contributed by atoms with Crippen LogP contribution in [0.2, 0.25) is 0 Å². The van der Waals surface area contributed by atoms with E-state index in [2.05, 4.69) is 5.18 Å². The third-order valence-corrected chi connectivity index (χ3v) is 1.45. The fourth-order valence-corrected chi connectivity index (χ4v) is 0.828. The Balaban J connectivity index is 3.00. The Morgan fingerprint density at radius 1 is 1.36 bits per heavy atom. The topological polar surface area (TPSA) is 32.7 Å². The summed E-state index contributed by atoms with van der Waals surface area (Å²) < 4.78 is 0. The molecular formula is C8H10N2O. The molecule has 3 nitrogen and oxygen atoms in total. The molecule has 0 fully saturated rings. The highest BCUT2D eigenvalue weighted by molar-refractivity contribution is 5.54. The van der Waals surface area contributed by atoms with Crippen LogP contribution in [0, 0.1) is 4.91 Å². The van der Waals surface area contributed by atoms with E-state index in [0.717, 1.165) is 5.69 Å². The molecule has 0 bridgehead atoms. The fraction of sp³-hybridized carbons (Fsp3) is 0.250. The Bertz CT molecular complexity index is 258. The van der Waals surface area contributed by atoms with Gasteiger partial charge < -0.3 is 4.90 Å². The highest BCUT2D eigenvalue weighted by atomic mass is 16.3. The summed E-state index contributed by atoms with van der Waals surface area (Å²) in [6.07, 6.45) is 0. The molecule has 0 aliphatic heterocycles. The van der Waals surface area contributed by atoms with Crippen molar-refractivity contribution in [3.05, 3.63) is 29.2 Å². The van der Waals surface area contributed by atoms with Crippen LogP contribution in [0.5, 0.6) is 0 Å². The Labute approximate surface area is 65.6 Å². The number of anilines is 1. The largest absolute Gasteiger partial charge is 0.378 e. The molecule has 0 saturated carbocycles. The number of rotatable bonds is 2. The van der Waals surface area contributed by atoms with Gasteiger partial charge >= 0.3 is 0 Å². The van der Waals surface area contributed by atoms with Gasteiger partial charge in [0.15, 0.2) is 0 Å². The van der Waals surface area contributed by atoms with Gasteiger partial charge in [0, 0.05) is 19.8 Å². The van der Waals surface area contributed by atoms with Crippen LogP contribution in [0.3, 0.4) is 0 Å². The summed E-state index contributed by atoms with van der Waals surface area (Å²) in [6.45, 7) is 0. The molecule has 0 radical (unpaired) electrons. The zero-order valence-corrected chi connectivity index (χ0v) is 6.61. The standard InChI is InChI=1S/C8H10N2O/c1-10(2)8-5-3-4-7(6-8)9-11/h3-6H,1-2H3. The van der Waals surface area contributed by atoms with E-state index in [9.17, 15) is 4.91 Å². The van der Waals surface area contributed by atoms with Crippen molar-refractivity contribution in [2.24, 2.45) is 5.18 Å². The average molecular weight is 150 g/mol. The molecular weight excluding hydrogens is 140 g/mol. The van der Waals surface area contributed by atoms with Crippen LogP contribution >= 0.6 is 0 Å². The van der Waals surface area contributed by atoms with E-state index in [1.807, 2.05) is 31.1 Å². The molecule has 0 aromatic heterocycles. The van der Waals surface area contributed by atoms with Gasteiger partial charge in [-0.1, -0.05) is 6.07 Å². The van der Waals surface area contributed by atoms with Gasteiger partial charge in [-0.2, -0.15) is 0 Å². The highest BCUT2D eigenvalue weighted by Crippen LogP contribution is 2.18. The number of hydrogen-bond acceptors (Lipinski definition) is 3. The monoisotopic (exact) mass is 150 g/mol. The van der Waals surface area contributed by atoms with Gasteiger partial charge in [-0.25, -0.2) is 0 Å². The average Bonchev–Trinajstić information content (AvgIpc) is 2.05. The summed E-state index contributed by atoms with van der Waals surface area (Å²) >= 11 is 0. The maximum atomic E-state index is 10.1.